The van der Waals surface area contributed by atoms with E-state index in [4.69, 9.17) is 13.9 Å². The molecule has 0 aliphatic carbocycles. The highest BCUT2D eigenvalue weighted by molar-refractivity contribution is 5.74. The number of carbonyl (C=O) groups excluding carboxylic acids is 1. The third-order valence-electron chi connectivity index (χ3n) is 5.41. The minimum Gasteiger partial charge on any atom is -0.463 e. The minimum absolute atomic E-state index is 0.115. The lowest BCUT2D eigenvalue weighted by atomic mass is 10.1. The molecule has 0 spiro atoms. The van der Waals surface area contributed by atoms with Gasteiger partial charge in [0.15, 0.2) is 5.76 Å². The zero-order valence-electron chi connectivity index (χ0n) is 16.7. The Balaban J connectivity index is 1.16. The summed E-state index contributed by atoms with van der Waals surface area (Å²) >= 11 is 0. The quantitative estimate of drug-likeness (QED) is 0.559. The van der Waals surface area contributed by atoms with Gasteiger partial charge in [0.1, 0.15) is 17.9 Å². The number of nitrogens with zero attached hydrogens (tertiary/aromatic N) is 2. The number of fused-ring (bicyclic) bond motifs is 1. The fraction of sp³-hybridized carbons (Fsp3) is 0.318. The number of amides is 2. The lowest BCUT2D eigenvalue weighted by molar-refractivity contribution is 0.0682. The first-order valence-electron chi connectivity index (χ1n) is 10.2. The molecule has 0 saturated carbocycles. The Morgan fingerprint density at radius 3 is 2.61 bits per heavy atom. The number of urea groups is 1. The Hall–Kier alpha value is -3.43. The molecule has 160 valence electrons. The fourth-order valence-corrected chi connectivity index (χ4v) is 3.90. The number of benzene rings is 1. The van der Waals surface area contributed by atoms with E-state index in [1.807, 2.05) is 42.5 Å². The smallest absolute Gasteiger partial charge is 0.315 e. The van der Waals surface area contributed by atoms with Crippen LogP contribution in [0.15, 0.2) is 65.4 Å². The van der Waals surface area contributed by atoms with Crippen molar-refractivity contribution < 1.29 is 18.7 Å². The zero-order valence-corrected chi connectivity index (χ0v) is 16.7. The number of hydrogen-bond donors (Lipinski definition) is 3. The van der Waals surface area contributed by atoms with Crippen molar-refractivity contribution in [3.05, 3.63) is 66.6 Å². The number of furan rings is 1. The average Bonchev–Trinajstić information content (AvgIpc) is 3.54. The Labute approximate surface area is 179 Å². The fourth-order valence-electron chi connectivity index (χ4n) is 3.90. The number of carbonyl (C=O) groups is 1. The molecule has 2 aromatic heterocycles. The normalized spacial score (nSPS) is 24.5. The summed E-state index contributed by atoms with van der Waals surface area (Å²) in [7, 11) is 0. The summed E-state index contributed by atoms with van der Waals surface area (Å²) in [6.45, 7) is 1.29. The van der Waals surface area contributed by atoms with Gasteiger partial charge in [-0.05, 0) is 23.8 Å². The van der Waals surface area contributed by atoms with Crippen molar-refractivity contribution in [1.29, 1.82) is 0 Å². The van der Waals surface area contributed by atoms with Crippen LogP contribution in [0, 0.1) is 0 Å². The van der Waals surface area contributed by atoms with Gasteiger partial charge in [-0.25, -0.2) is 14.8 Å². The molecule has 1 aromatic carbocycles. The largest absolute Gasteiger partial charge is 0.463 e. The molecular formula is C22H23N5O4. The monoisotopic (exact) mass is 421 g/mol. The third-order valence-corrected chi connectivity index (χ3v) is 5.41. The predicted molar refractivity (Wildman–Crippen MR) is 112 cm³/mol. The molecule has 0 bridgehead atoms. The van der Waals surface area contributed by atoms with Crippen LogP contribution in [0.3, 0.4) is 0 Å². The molecule has 4 heterocycles. The van der Waals surface area contributed by atoms with Crippen LogP contribution in [-0.4, -0.2) is 53.5 Å². The van der Waals surface area contributed by atoms with Crippen LogP contribution in [0.1, 0.15) is 5.56 Å². The maximum absolute atomic E-state index is 12.3. The second-order valence-corrected chi connectivity index (χ2v) is 7.51. The molecule has 0 radical (unpaired) electrons. The molecule has 5 rings (SSSR count). The van der Waals surface area contributed by atoms with Gasteiger partial charge >= 0.3 is 6.03 Å². The summed E-state index contributed by atoms with van der Waals surface area (Å²) < 4.78 is 17.3. The SMILES string of the molecule is O=C(NCc1ccccc1)N[C@H]1CO[C@H]2[C@@H]1OC[C@@H]2Nc1nccc(-c2ccco2)n1. The molecule has 9 heteroatoms. The summed E-state index contributed by atoms with van der Waals surface area (Å²) in [5.41, 5.74) is 1.73. The number of nitrogens with one attached hydrogen (secondary N) is 3. The van der Waals surface area contributed by atoms with Crippen LogP contribution in [0.5, 0.6) is 0 Å². The summed E-state index contributed by atoms with van der Waals surface area (Å²) in [6.07, 6.45) is 2.86. The van der Waals surface area contributed by atoms with Crippen molar-refractivity contribution >= 4 is 12.0 Å². The number of rotatable bonds is 6. The van der Waals surface area contributed by atoms with Crippen LogP contribution in [0.2, 0.25) is 0 Å². The maximum atomic E-state index is 12.3. The summed E-state index contributed by atoms with van der Waals surface area (Å²) in [5.74, 6) is 1.15. The van der Waals surface area contributed by atoms with Gasteiger partial charge < -0.3 is 29.8 Å². The van der Waals surface area contributed by atoms with Gasteiger partial charge in [-0.1, -0.05) is 30.3 Å². The van der Waals surface area contributed by atoms with Crippen molar-refractivity contribution in [2.24, 2.45) is 0 Å². The van der Waals surface area contributed by atoms with Gasteiger partial charge in [0.25, 0.3) is 0 Å². The molecule has 2 aliphatic rings. The lowest BCUT2D eigenvalue weighted by Crippen LogP contribution is -2.48. The van der Waals surface area contributed by atoms with Crippen molar-refractivity contribution in [2.75, 3.05) is 18.5 Å². The number of aromatic nitrogens is 2. The van der Waals surface area contributed by atoms with Gasteiger partial charge in [-0.15, -0.1) is 0 Å². The Morgan fingerprint density at radius 2 is 1.81 bits per heavy atom. The molecule has 31 heavy (non-hydrogen) atoms. The molecule has 4 atom stereocenters. The van der Waals surface area contributed by atoms with Crippen LogP contribution < -0.4 is 16.0 Å². The zero-order chi connectivity index (χ0) is 21.0. The van der Waals surface area contributed by atoms with E-state index in [0.717, 1.165) is 5.56 Å². The highest BCUT2D eigenvalue weighted by Gasteiger charge is 2.48. The highest BCUT2D eigenvalue weighted by Crippen LogP contribution is 2.29. The molecule has 2 aliphatic heterocycles. The van der Waals surface area contributed by atoms with Crippen LogP contribution >= 0.6 is 0 Å². The second-order valence-electron chi connectivity index (χ2n) is 7.51. The van der Waals surface area contributed by atoms with E-state index in [1.165, 1.54) is 0 Å². The topological polar surface area (TPSA) is 111 Å². The third kappa shape index (κ3) is 4.37. The number of hydrogen-bond acceptors (Lipinski definition) is 7. The van der Waals surface area contributed by atoms with Gasteiger partial charge in [0.2, 0.25) is 5.95 Å². The Bertz CT molecular complexity index is 1010. The van der Waals surface area contributed by atoms with Crippen molar-refractivity contribution in [3.63, 3.8) is 0 Å². The first-order valence-corrected chi connectivity index (χ1v) is 10.2. The number of anilines is 1. The maximum Gasteiger partial charge on any atom is 0.315 e. The van der Waals surface area contributed by atoms with Gasteiger partial charge in [0.05, 0.1) is 31.6 Å². The average molecular weight is 421 g/mol. The molecule has 0 unspecified atom stereocenters. The van der Waals surface area contributed by atoms with E-state index in [1.54, 1.807) is 18.5 Å². The van der Waals surface area contributed by atoms with E-state index in [2.05, 4.69) is 25.9 Å². The first kappa shape index (κ1) is 19.5. The van der Waals surface area contributed by atoms with Crippen molar-refractivity contribution in [2.45, 2.75) is 30.8 Å². The van der Waals surface area contributed by atoms with Crippen molar-refractivity contribution in [3.8, 4) is 11.5 Å². The second kappa shape index (κ2) is 8.75. The highest BCUT2D eigenvalue weighted by atomic mass is 16.6. The summed E-state index contributed by atoms with van der Waals surface area (Å²) in [5, 5.41) is 9.12. The van der Waals surface area contributed by atoms with E-state index in [-0.39, 0.29) is 30.3 Å². The van der Waals surface area contributed by atoms with E-state index in [0.29, 0.717) is 37.2 Å². The number of ether oxygens (including phenoxy) is 2. The first-order chi connectivity index (χ1) is 15.3. The minimum atomic E-state index is -0.243. The molecule has 3 N–H and O–H groups in total. The van der Waals surface area contributed by atoms with Crippen LogP contribution in [0.4, 0.5) is 10.7 Å². The molecule has 2 saturated heterocycles. The van der Waals surface area contributed by atoms with Gasteiger partial charge in [-0.3, -0.25) is 0 Å². The Morgan fingerprint density at radius 1 is 1.00 bits per heavy atom. The predicted octanol–water partition coefficient (Wildman–Crippen LogP) is 2.18. The molecule has 2 fully saturated rings. The van der Waals surface area contributed by atoms with Crippen molar-refractivity contribution in [1.82, 2.24) is 20.6 Å². The molecule has 9 nitrogen and oxygen atoms in total. The van der Waals surface area contributed by atoms with E-state index < -0.39 is 0 Å². The standard InChI is InChI=1S/C22H23N5O4/c28-22(24-11-14-5-2-1-3-6-14)27-17-13-31-19-16(12-30-20(17)19)26-21-23-9-8-15(25-21)18-7-4-10-29-18/h1-10,16-17,19-20H,11-13H2,(H,23,25,26)(H2,24,27,28)/t16-,17-,19+,20+/m0/s1. The molecule has 2 amide bonds. The summed E-state index contributed by atoms with van der Waals surface area (Å²) in [4.78, 5) is 21.1. The lowest BCUT2D eigenvalue weighted by Gasteiger charge is -2.18. The summed E-state index contributed by atoms with van der Waals surface area (Å²) in [6, 6.07) is 14.6. The van der Waals surface area contributed by atoms with Crippen LogP contribution in [0.25, 0.3) is 11.5 Å². The Kier molecular flexibility index (Phi) is 5.51. The van der Waals surface area contributed by atoms with E-state index >= 15 is 0 Å². The van der Waals surface area contributed by atoms with E-state index in [9.17, 15) is 4.79 Å². The van der Waals surface area contributed by atoms with Gasteiger partial charge in [0, 0.05) is 12.7 Å². The molecular weight excluding hydrogens is 398 g/mol. The molecule has 3 aromatic rings. The van der Waals surface area contributed by atoms with Gasteiger partial charge in [-0.2, -0.15) is 0 Å². The van der Waals surface area contributed by atoms with Crippen LogP contribution in [-0.2, 0) is 16.0 Å².